The zero-order valence-corrected chi connectivity index (χ0v) is 21.5. The van der Waals surface area contributed by atoms with Crippen molar-refractivity contribution in [3.63, 3.8) is 0 Å². The van der Waals surface area contributed by atoms with Crippen LogP contribution in [-0.2, 0) is 22.7 Å². The highest BCUT2D eigenvalue weighted by Crippen LogP contribution is 2.33. The molecular formula is C31H31N3O5. The average Bonchev–Trinajstić information content (AvgIpc) is 2.96. The van der Waals surface area contributed by atoms with E-state index >= 15 is 0 Å². The summed E-state index contributed by atoms with van der Waals surface area (Å²) in [5.41, 5.74) is 7.03. The van der Waals surface area contributed by atoms with Crippen molar-refractivity contribution in [1.82, 2.24) is 15.8 Å². The van der Waals surface area contributed by atoms with Gasteiger partial charge < -0.3 is 15.2 Å². The number of hydroxylamine groups is 1. The molecule has 0 unspecified atom stereocenters. The van der Waals surface area contributed by atoms with Crippen molar-refractivity contribution in [2.45, 2.75) is 32.4 Å². The quantitative estimate of drug-likeness (QED) is 0.0804. The van der Waals surface area contributed by atoms with Crippen LogP contribution in [0.15, 0.2) is 85.6 Å². The van der Waals surface area contributed by atoms with Gasteiger partial charge in [-0.3, -0.25) is 15.0 Å². The van der Waals surface area contributed by atoms with E-state index in [2.05, 4.69) is 41.1 Å². The Morgan fingerprint density at radius 1 is 0.923 bits per heavy atom. The lowest BCUT2D eigenvalue weighted by Crippen LogP contribution is -2.18. The van der Waals surface area contributed by atoms with Gasteiger partial charge in [0.1, 0.15) is 5.75 Å². The van der Waals surface area contributed by atoms with Crippen LogP contribution in [0.25, 0.3) is 27.6 Å². The topological polar surface area (TPSA) is 121 Å². The molecule has 8 heteroatoms. The predicted octanol–water partition coefficient (Wildman–Crippen LogP) is 5.34. The van der Waals surface area contributed by atoms with Gasteiger partial charge in [-0.25, -0.2) is 10.3 Å². The molecule has 1 amide bonds. The second-order valence-corrected chi connectivity index (χ2v) is 9.17. The van der Waals surface area contributed by atoms with Crippen LogP contribution in [0.4, 0.5) is 0 Å². The number of carbonyl (C=O) groups is 2. The van der Waals surface area contributed by atoms with Crippen LogP contribution < -0.4 is 15.5 Å². The fourth-order valence-corrected chi connectivity index (χ4v) is 4.24. The minimum Gasteiger partial charge on any atom is -0.493 e. The number of amides is 1. The molecule has 4 N–H and O–H groups in total. The molecule has 4 aromatic rings. The molecule has 0 bridgehead atoms. The van der Waals surface area contributed by atoms with Crippen molar-refractivity contribution in [2.75, 3.05) is 6.61 Å². The summed E-state index contributed by atoms with van der Waals surface area (Å²) in [5.74, 6) is -1.01. The van der Waals surface area contributed by atoms with Crippen LogP contribution in [0, 0.1) is 0 Å². The van der Waals surface area contributed by atoms with Gasteiger partial charge in [0, 0.05) is 36.7 Å². The second kappa shape index (κ2) is 13.3. The van der Waals surface area contributed by atoms with Crippen LogP contribution >= 0.6 is 0 Å². The minimum atomic E-state index is -1.10. The number of hydrogen-bond acceptors (Lipinski definition) is 6. The van der Waals surface area contributed by atoms with Crippen molar-refractivity contribution in [3.8, 4) is 16.9 Å². The van der Waals surface area contributed by atoms with Crippen LogP contribution in [0.2, 0.25) is 0 Å². The summed E-state index contributed by atoms with van der Waals surface area (Å²) in [6.45, 7) is 5.35. The van der Waals surface area contributed by atoms with Crippen molar-refractivity contribution < 1.29 is 24.6 Å². The third-order valence-electron chi connectivity index (χ3n) is 6.34. The number of carbonyl (C=O) groups excluding carboxylic acids is 1. The number of fused-ring (bicyclic) bond motifs is 1. The Hall–Kier alpha value is -4.53. The smallest absolute Gasteiger partial charge is 0.335 e. The number of hydrogen-bond donors (Lipinski definition) is 4. The number of nitrogens with one attached hydrogen (secondary N) is 2. The van der Waals surface area contributed by atoms with E-state index in [0.29, 0.717) is 43.9 Å². The molecule has 3 aromatic carbocycles. The maximum atomic E-state index is 11.5. The maximum absolute atomic E-state index is 11.5. The summed E-state index contributed by atoms with van der Waals surface area (Å²) in [7, 11) is 0. The van der Waals surface area contributed by atoms with Crippen molar-refractivity contribution >= 4 is 28.4 Å². The number of carboxylic acids is 1. The van der Waals surface area contributed by atoms with E-state index in [1.54, 1.807) is 23.8 Å². The van der Waals surface area contributed by atoms with Crippen molar-refractivity contribution in [3.05, 3.63) is 102 Å². The summed E-state index contributed by atoms with van der Waals surface area (Å²) in [6, 6.07) is 23.6. The van der Waals surface area contributed by atoms with Gasteiger partial charge in [-0.2, -0.15) is 0 Å². The number of rotatable bonds is 13. The number of unbranched alkanes of at least 4 members (excludes halogenated alkanes) is 1. The fraction of sp³-hybridized carbons (Fsp3) is 0.194. The van der Waals surface area contributed by atoms with Gasteiger partial charge in [-0.15, -0.1) is 0 Å². The van der Waals surface area contributed by atoms with E-state index in [0.717, 1.165) is 33.2 Å². The molecule has 0 fully saturated rings. The molecule has 0 atom stereocenters. The Morgan fingerprint density at radius 3 is 2.54 bits per heavy atom. The molecular weight excluding hydrogens is 494 g/mol. The van der Waals surface area contributed by atoms with E-state index in [1.165, 1.54) is 0 Å². The predicted molar refractivity (Wildman–Crippen MR) is 150 cm³/mol. The van der Waals surface area contributed by atoms with Gasteiger partial charge in [-0.1, -0.05) is 55.1 Å². The molecule has 200 valence electrons. The van der Waals surface area contributed by atoms with Crippen LogP contribution in [-0.4, -0.2) is 33.8 Å². The Labute approximate surface area is 226 Å². The van der Waals surface area contributed by atoms with Crippen LogP contribution in [0.3, 0.4) is 0 Å². The van der Waals surface area contributed by atoms with E-state index in [-0.39, 0.29) is 12.0 Å². The van der Waals surface area contributed by atoms with E-state index in [1.807, 2.05) is 36.4 Å². The van der Waals surface area contributed by atoms with Gasteiger partial charge in [0.2, 0.25) is 5.91 Å². The first-order valence-corrected chi connectivity index (χ1v) is 12.7. The Balaban J connectivity index is 1.46. The van der Waals surface area contributed by atoms with Gasteiger partial charge in [0.25, 0.3) is 0 Å². The highest BCUT2D eigenvalue weighted by atomic mass is 16.5. The summed E-state index contributed by atoms with van der Waals surface area (Å²) in [5, 5.41) is 22.6. The zero-order valence-electron chi connectivity index (χ0n) is 21.5. The highest BCUT2D eigenvalue weighted by Gasteiger charge is 2.13. The third kappa shape index (κ3) is 7.50. The number of aliphatic carboxylic acids is 1. The molecule has 4 rings (SSSR count). The fourth-order valence-electron chi connectivity index (χ4n) is 4.24. The molecule has 1 aromatic heterocycles. The summed E-state index contributed by atoms with van der Waals surface area (Å²) >= 11 is 0. The summed E-state index contributed by atoms with van der Waals surface area (Å²) in [6.07, 6.45) is 3.11. The Kier molecular flexibility index (Phi) is 9.39. The number of pyridine rings is 1. The lowest BCUT2D eigenvalue weighted by molar-refractivity contribution is -0.130. The van der Waals surface area contributed by atoms with E-state index in [9.17, 15) is 14.7 Å². The second-order valence-electron chi connectivity index (χ2n) is 9.17. The lowest BCUT2D eigenvalue weighted by atomic mass is 9.98. The number of ether oxygens (including phenoxy) is 1. The number of benzene rings is 3. The first-order valence-electron chi connectivity index (χ1n) is 12.7. The minimum absolute atomic E-state index is 0.0205. The van der Waals surface area contributed by atoms with Gasteiger partial charge in [0.15, 0.2) is 0 Å². The molecule has 0 saturated heterocycles. The monoisotopic (exact) mass is 525 g/mol. The number of carboxylic acid groups (broad SMARTS) is 1. The average molecular weight is 526 g/mol. The largest absolute Gasteiger partial charge is 0.493 e. The molecule has 8 nitrogen and oxygen atoms in total. The standard InChI is InChI=1S/C31H31N3O5/c1-21(31(36)37)25-12-13-27(29(18-25)39-15-3-2-9-30(35)34-38)26-7-4-6-22(16-26)19-32-20-23-10-11-24-8-5-14-33-28(24)17-23/h4-8,10-14,16-18,32,38H,1-3,9,15,19-20H2,(H,34,35)(H,36,37). The van der Waals surface area contributed by atoms with E-state index in [4.69, 9.17) is 9.94 Å². The highest BCUT2D eigenvalue weighted by molar-refractivity contribution is 6.14. The van der Waals surface area contributed by atoms with Crippen molar-refractivity contribution in [1.29, 1.82) is 0 Å². The summed E-state index contributed by atoms with van der Waals surface area (Å²) < 4.78 is 6.04. The molecule has 1 heterocycles. The molecule has 39 heavy (non-hydrogen) atoms. The molecule has 0 radical (unpaired) electrons. The molecule has 0 aliphatic heterocycles. The first-order chi connectivity index (χ1) is 18.9. The first kappa shape index (κ1) is 27.5. The van der Waals surface area contributed by atoms with Crippen LogP contribution in [0.1, 0.15) is 36.0 Å². The molecule has 0 aliphatic carbocycles. The van der Waals surface area contributed by atoms with E-state index < -0.39 is 11.9 Å². The SMILES string of the molecule is C=C(C(=O)O)c1ccc(-c2cccc(CNCc3ccc4cccnc4c3)c2)c(OCCCCC(=O)NO)c1. The van der Waals surface area contributed by atoms with Crippen LogP contribution in [0.5, 0.6) is 5.75 Å². The molecule has 0 saturated carbocycles. The van der Waals surface area contributed by atoms with Crippen molar-refractivity contribution in [2.24, 2.45) is 0 Å². The van der Waals surface area contributed by atoms with Gasteiger partial charge in [-0.05, 0) is 59.4 Å². The number of nitrogens with zero attached hydrogens (tertiary/aromatic N) is 1. The third-order valence-corrected chi connectivity index (χ3v) is 6.34. The maximum Gasteiger partial charge on any atom is 0.335 e. The Bertz CT molecular complexity index is 1480. The Morgan fingerprint density at radius 2 is 1.74 bits per heavy atom. The molecule has 0 spiro atoms. The molecule has 0 aliphatic rings. The normalized spacial score (nSPS) is 10.8. The lowest BCUT2D eigenvalue weighted by Gasteiger charge is -2.15. The van der Waals surface area contributed by atoms with Gasteiger partial charge >= 0.3 is 5.97 Å². The number of aromatic nitrogens is 1. The van der Waals surface area contributed by atoms with Gasteiger partial charge in [0.05, 0.1) is 17.7 Å². The zero-order chi connectivity index (χ0) is 27.6. The summed E-state index contributed by atoms with van der Waals surface area (Å²) in [4.78, 5) is 27.1.